The first-order valence-electron chi connectivity index (χ1n) is 6.71. The number of pyridine rings is 2. The fourth-order valence-corrected chi connectivity index (χ4v) is 2.24. The Kier molecular flexibility index (Phi) is 3.53. The van der Waals surface area contributed by atoms with Gasteiger partial charge in [-0.15, -0.1) is 0 Å². The maximum Gasteiger partial charge on any atom is 0.273 e. The number of fused-ring (bicyclic) bond motifs is 1. The molecule has 0 aromatic carbocycles. The first-order valence-corrected chi connectivity index (χ1v) is 6.71. The van der Waals surface area contributed by atoms with Gasteiger partial charge in [0.15, 0.2) is 5.65 Å². The van der Waals surface area contributed by atoms with Crippen LogP contribution in [-0.4, -0.2) is 33.0 Å². The van der Waals surface area contributed by atoms with Gasteiger partial charge in [-0.2, -0.15) is 0 Å². The first kappa shape index (κ1) is 13.5. The van der Waals surface area contributed by atoms with Crippen molar-refractivity contribution in [3.05, 3.63) is 47.1 Å². The fraction of sp³-hybridized carbons (Fsp3) is 0.267. The highest BCUT2D eigenvalue weighted by Gasteiger charge is 2.11. The average molecular weight is 284 g/mol. The van der Waals surface area contributed by atoms with Gasteiger partial charge in [-0.05, 0) is 30.7 Å². The van der Waals surface area contributed by atoms with Crippen molar-refractivity contribution < 1.29 is 4.74 Å². The van der Waals surface area contributed by atoms with E-state index in [1.165, 1.54) is 0 Å². The average Bonchev–Trinajstić information content (AvgIpc) is 2.84. The Balaban J connectivity index is 2.07. The second kappa shape index (κ2) is 5.49. The van der Waals surface area contributed by atoms with Crippen LogP contribution in [0.2, 0.25) is 0 Å². The van der Waals surface area contributed by atoms with Crippen molar-refractivity contribution in [3.8, 4) is 11.1 Å². The lowest BCUT2D eigenvalue weighted by atomic mass is 10.1. The zero-order valence-electron chi connectivity index (χ0n) is 11.9. The molecule has 1 atom stereocenters. The maximum absolute atomic E-state index is 12.1. The molecule has 6 heteroatoms. The lowest BCUT2D eigenvalue weighted by molar-refractivity contribution is 0.101. The molecule has 0 bridgehead atoms. The van der Waals surface area contributed by atoms with E-state index in [-0.39, 0.29) is 11.7 Å². The van der Waals surface area contributed by atoms with Crippen LogP contribution in [0.4, 0.5) is 0 Å². The van der Waals surface area contributed by atoms with Crippen LogP contribution in [0.15, 0.2) is 41.6 Å². The summed E-state index contributed by atoms with van der Waals surface area (Å²) >= 11 is 0. The van der Waals surface area contributed by atoms with E-state index >= 15 is 0 Å². The minimum absolute atomic E-state index is 0.00192. The van der Waals surface area contributed by atoms with Crippen molar-refractivity contribution in [1.29, 1.82) is 0 Å². The Hall–Kier alpha value is -2.47. The van der Waals surface area contributed by atoms with E-state index in [9.17, 15) is 4.79 Å². The van der Waals surface area contributed by atoms with Crippen LogP contribution in [-0.2, 0) is 11.3 Å². The number of aromatic nitrogens is 4. The Morgan fingerprint density at radius 1 is 1.33 bits per heavy atom. The van der Waals surface area contributed by atoms with Crippen molar-refractivity contribution in [2.75, 3.05) is 7.11 Å². The first-order chi connectivity index (χ1) is 10.2. The Morgan fingerprint density at radius 2 is 2.10 bits per heavy atom. The molecule has 0 fully saturated rings. The van der Waals surface area contributed by atoms with Gasteiger partial charge in [0, 0.05) is 31.3 Å². The Labute approximate surface area is 121 Å². The van der Waals surface area contributed by atoms with E-state index in [0.717, 1.165) is 11.1 Å². The van der Waals surface area contributed by atoms with Crippen LogP contribution in [0.3, 0.4) is 0 Å². The van der Waals surface area contributed by atoms with E-state index in [2.05, 4.69) is 15.1 Å². The third-order valence-corrected chi connectivity index (χ3v) is 3.46. The van der Waals surface area contributed by atoms with E-state index < -0.39 is 0 Å². The van der Waals surface area contributed by atoms with Crippen molar-refractivity contribution >= 4 is 11.0 Å². The van der Waals surface area contributed by atoms with Crippen molar-refractivity contribution in [1.82, 2.24) is 19.7 Å². The molecule has 0 saturated heterocycles. The Morgan fingerprint density at radius 3 is 2.81 bits per heavy atom. The molecule has 3 rings (SSSR count). The third kappa shape index (κ3) is 2.57. The summed E-state index contributed by atoms with van der Waals surface area (Å²) in [7, 11) is 1.64. The number of H-pyrrole nitrogens is 1. The lowest BCUT2D eigenvalue weighted by Gasteiger charge is -2.10. The molecule has 1 unspecified atom stereocenters. The molecule has 3 heterocycles. The van der Waals surface area contributed by atoms with E-state index in [1.807, 2.05) is 25.1 Å². The third-order valence-electron chi connectivity index (χ3n) is 3.46. The second-order valence-corrected chi connectivity index (χ2v) is 4.93. The number of nitrogens with one attached hydrogen (secondary N) is 1. The molecule has 21 heavy (non-hydrogen) atoms. The fourth-order valence-electron chi connectivity index (χ4n) is 2.24. The van der Waals surface area contributed by atoms with Gasteiger partial charge in [0.2, 0.25) is 0 Å². The second-order valence-electron chi connectivity index (χ2n) is 4.93. The van der Waals surface area contributed by atoms with Gasteiger partial charge in [-0.3, -0.25) is 19.6 Å². The summed E-state index contributed by atoms with van der Waals surface area (Å²) in [6.45, 7) is 2.49. The highest BCUT2D eigenvalue weighted by molar-refractivity contribution is 5.80. The number of hydrogen-bond acceptors (Lipinski definition) is 4. The summed E-state index contributed by atoms with van der Waals surface area (Å²) in [5.41, 5.74) is 2.38. The van der Waals surface area contributed by atoms with Crippen LogP contribution in [0.1, 0.15) is 6.92 Å². The molecule has 0 amide bonds. The molecular weight excluding hydrogens is 268 g/mol. The molecule has 0 spiro atoms. The highest BCUT2D eigenvalue weighted by Crippen LogP contribution is 2.20. The zero-order valence-corrected chi connectivity index (χ0v) is 11.9. The molecule has 6 nitrogen and oxygen atoms in total. The number of methoxy groups -OCH3 is 1. The maximum atomic E-state index is 12.1. The molecule has 0 aliphatic heterocycles. The summed E-state index contributed by atoms with van der Waals surface area (Å²) < 4.78 is 6.95. The predicted octanol–water partition coefficient (Wildman–Crippen LogP) is 1.82. The number of aromatic amines is 1. The van der Waals surface area contributed by atoms with Gasteiger partial charge in [0.25, 0.3) is 5.56 Å². The molecule has 3 aromatic heterocycles. The van der Waals surface area contributed by atoms with Crippen LogP contribution in [0.25, 0.3) is 22.2 Å². The summed E-state index contributed by atoms with van der Waals surface area (Å²) in [6, 6.07) is 5.63. The SMILES string of the molecule is COC(C)Cn1[nH]c(=O)c2cc(-c3ccncc3)cnc21. The topological polar surface area (TPSA) is 72.8 Å². The molecule has 0 saturated carbocycles. The number of rotatable bonds is 4. The molecule has 0 aliphatic carbocycles. The number of nitrogens with zero attached hydrogens (tertiary/aromatic N) is 3. The minimum Gasteiger partial charge on any atom is -0.380 e. The predicted molar refractivity (Wildman–Crippen MR) is 80.1 cm³/mol. The van der Waals surface area contributed by atoms with Crippen molar-refractivity contribution in [2.45, 2.75) is 19.6 Å². The lowest BCUT2D eigenvalue weighted by Crippen LogP contribution is -2.17. The number of ether oxygens (including phenoxy) is 1. The quantitative estimate of drug-likeness (QED) is 0.793. The molecule has 108 valence electrons. The van der Waals surface area contributed by atoms with Gasteiger partial charge >= 0.3 is 0 Å². The monoisotopic (exact) mass is 284 g/mol. The van der Waals surface area contributed by atoms with Crippen LogP contribution in [0.5, 0.6) is 0 Å². The molecular formula is C15H16N4O2. The normalized spacial score (nSPS) is 12.7. The van der Waals surface area contributed by atoms with E-state index in [1.54, 1.807) is 30.4 Å². The van der Waals surface area contributed by atoms with Gasteiger partial charge in [0.1, 0.15) is 0 Å². The molecule has 3 aromatic rings. The van der Waals surface area contributed by atoms with Crippen molar-refractivity contribution in [2.24, 2.45) is 0 Å². The number of hydrogen-bond donors (Lipinski definition) is 1. The largest absolute Gasteiger partial charge is 0.380 e. The van der Waals surface area contributed by atoms with Gasteiger partial charge < -0.3 is 4.74 Å². The molecule has 0 aliphatic rings. The van der Waals surface area contributed by atoms with E-state index in [0.29, 0.717) is 17.6 Å². The summed E-state index contributed by atoms with van der Waals surface area (Å²) in [6.07, 6.45) is 5.20. The summed E-state index contributed by atoms with van der Waals surface area (Å²) in [5, 5.41) is 3.38. The van der Waals surface area contributed by atoms with Crippen LogP contribution in [0, 0.1) is 0 Å². The zero-order chi connectivity index (χ0) is 14.8. The van der Waals surface area contributed by atoms with Crippen LogP contribution >= 0.6 is 0 Å². The van der Waals surface area contributed by atoms with Crippen LogP contribution < -0.4 is 5.56 Å². The summed E-state index contributed by atoms with van der Waals surface area (Å²) in [5.74, 6) is 0. The summed E-state index contributed by atoms with van der Waals surface area (Å²) in [4.78, 5) is 20.5. The Bertz CT molecular complexity index is 807. The molecule has 1 N–H and O–H groups in total. The molecule has 0 radical (unpaired) electrons. The van der Waals surface area contributed by atoms with E-state index in [4.69, 9.17) is 4.74 Å². The smallest absolute Gasteiger partial charge is 0.273 e. The van der Waals surface area contributed by atoms with Gasteiger partial charge in [-0.25, -0.2) is 4.98 Å². The minimum atomic E-state index is -0.142. The van der Waals surface area contributed by atoms with Gasteiger partial charge in [0.05, 0.1) is 18.0 Å². The standard InChI is InChI=1S/C15H16N4O2/c1-10(21-2)9-19-14-13(15(20)18-19)7-12(8-17-14)11-3-5-16-6-4-11/h3-8,10H,9H2,1-2H3,(H,18,20). The van der Waals surface area contributed by atoms with Crippen molar-refractivity contribution in [3.63, 3.8) is 0 Å². The van der Waals surface area contributed by atoms with Gasteiger partial charge in [-0.1, -0.05) is 0 Å². The highest BCUT2D eigenvalue weighted by atomic mass is 16.5.